The van der Waals surface area contributed by atoms with Crippen LogP contribution in [0.25, 0.3) is 17.4 Å². The van der Waals surface area contributed by atoms with Gasteiger partial charge < -0.3 is 30.2 Å². The summed E-state index contributed by atoms with van der Waals surface area (Å²) in [6, 6.07) is 5.39. The number of rotatable bonds is 9. The summed E-state index contributed by atoms with van der Waals surface area (Å²) in [6.45, 7) is 5.96. The third-order valence-electron chi connectivity index (χ3n) is 6.28. The molecule has 0 amide bonds. The van der Waals surface area contributed by atoms with Gasteiger partial charge in [-0.3, -0.25) is 4.90 Å². The van der Waals surface area contributed by atoms with Crippen molar-refractivity contribution < 1.29 is 27.8 Å². The van der Waals surface area contributed by atoms with Gasteiger partial charge in [0.1, 0.15) is 5.82 Å². The van der Waals surface area contributed by atoms with Crippen LogP contribution in [0.2, 0.25) is 0 Å². The molecular formula is C24H27F2N9O4. The highest BCUT2D eigenvalue weighted by Gasteiger charge is 2.31. The van der Waals surface area contributed by atoms with Gasteiger partial charge in [-0.05, 0) is 26.0 Å². The first-order valence-corrected chi connectivity index (χ1v) is 12.2. The number of carboxylic acids is 1. The van der Waals surface area contributed by atoms with Crippen LogP contribution in [-0.2, 0) is 4.79 Å². The predicted octanol–water partition coefficient (Wildman–Crippen LogP) is 2.12. The van der Waals surface area contributed by atoms with Crippen LogP contribution in [0.1, 0.15) is 13.8 Å². The molecule has 1 fully saturated rings. The number of hydrogen-bond acceptors (Lipinski definition) is 11. The van der Waals surface area contributed by atoms with Gasteiger partial charge in [0.15, 0.2) is 22.9 Å². The molecule has 4 aromatic rings. The lowest BCUT2D eigenvalue weighted by atomic mass is 10.1. The van der Waals surface area contributed by atoms with Crippen molar-refractivity contribution in [2.75, 3.05) is 55.2 Å². The van der Waals surface area contributed by atoms with Crippen molar-refractivity contribution in [3.63, 3.8) is 0 Å². The largest absolute Gasteiger partial charge is 0.478 e. The van der Waals surface area contributed by atoms with E-state index < -0.39 is 23.2 Å². The van der Waals surface area contributed by atoms with Gasteiger partial charge in [-0.1, -0.05) is 0 Å². The molecular weight excluding hydrogens is 516 g/mol. The second kappa shape index (κ2) is 10.3. The van der Waals surface area contributed by atoms with Gasteiger partial charge in [0.05, 0.1) is 12.0 Å². The Bertz CT molecular complexity index is 1480. The molecule has 0 atom stereocenters. The number of hydrogen-bond donors (Lipinski definition) is 3. The Morgan fingerprint density at radius 2 is 1.95 bits per heavy atom. The lowest BCUT2D eigenvalue weighted by Gasteiger charge is -2.36. The lowest BCUT2D eigenvalue weighted by molar-refractivity contribution is -0.152. The van der Waals surface area contributed by atoms with Crippen LogP contribution in [0.3, 0.4) is 0 Å². The number of nitrogens with two attached hydrogens (primary N) is 1. The van der Waals surface area contributed by atoms with Gasteiger partial charge in [-0.15, -0.1) is 5.10 Å². The van der Waals surface area contributed by atoms with Gasteiger partial charge in [-0.2, -0.15) is 19.5 Å². The number of furan rings is 1. The van der Waals surface area contributed by atoms with Crippen molar-refractivity contribution in [1.29, 1.82) is 0 Å². The molecule has 0 saturated carbocycles. The zero-order valence-electron chi connectivity index (χ0n) is 21.3. The fourth-order valence-electron chi connectivity index (χ4n) is 4.09. The highest BCUT2D eigenvalue weighted by Crippen LogP contribution is 2.31. The molecule has 1 aromatic carbocycles. The summed E-state index contributed by atoms with van der Waals surface area (Å²) in [5.74, 6) is -1.73. The van der Waals surface area contributed by atoms with Crippen LogP contribution in [0, 0.1) is 11.6 Å². The van der Waals surface area contributed by atoms with Gasteiger partial charge in [0.25, 0.3) is 5.78 Å². The highest BCUT2D eigenvalue weighted by atomic mass is 19.1. The van der Waals surface area contributed by atoms with Crippen LogP contribution in [-0.4, -0.2) is 85.4 Å². The minimum Gasteiger partial charge on any atom is -0.478 e. The number of benzene rings is 1. The van der Waals surface area contributed by atoms with E-state index in [4.69, 9.17) is 14.9 Å². The molecule has 206 valence electrons. The van der Waals surface area contributed by atoms with Crippen molar-refractivity contribution in [3.8, 4) is 17.3 Å². The number of halogens is 2. The Hall–Kier alpha value is -4.53. The van der Waals surface area contributed by atoms with Crippen LogP contribution in [0.5, 0.6) is 5.75 Å². The highest BCUT2D eigenvalue weighted by molar-refractivity contribution is 5.77. The third-order valence-corrected chi connectivity index (χ3v) is 6.28. The van der Waals surface area contributed by atoms with Crippen molar-refractivity contribution in [3.05, 3.63) is 42.2 Å². The van der Waals surface area contributed by atoms with E-state index >= 15 is 0 Å². The van der Waals surface area contributed by atoms with Crippen molar-refractivity contribution in [2.45, 2.75) is 19.4 Å². The van der Waals surface area contributed by atoms with Crippen LogP contribution < -0.4 is 20.7 Å². The van der Waals surface area contributed by atoms with E-state index in [1.807, 2.05) is 0 Å². The molecule has 5 rings (SSSR count). The normalized spacial score (nSPS) is 14.6. The Kier molecular flexibility index (Phi) is 6.91. The zero-order valence-corrected chi connectivity index (χ0v) is 21.3. The zero-order chi connectivity index (χ0) is 27.7. The molecule has 1 saturated heterocycles. The summed E-state index contributed by atoms with van der Waals surface area (Å²) in [5, 5.41) is 16.7. The minimum absolute atomic E-state index is 0.123. The number of ether oxygens (including phenoxy) is 1. The topological polar surface area (TPSA) is 160 Å². The van der Waals surface area contributed by atoms with Crippen LogP contribution in [0.4, 0.5) is 26.4 Å². The SMILES string of the molecule is CC(C)(Oc1cc(N2CCN(CCNc3nc(N)n4nc(-c5ccco5)nc4n3)CC2)c(F)cc1F)C(=O)O. The average Bonchev–Trinajstić information content (AvgIpc) is 3.57. The quantitative estimate of drug-likeness (QED) is 0.283. The maximum atomic E-state index is 14.6. The van der Waals surface area contributed by atoms with Crippen LogP contribution >= 0.6 is 0 Å². The van der Waals surface area contributed by atoms with Crippen molar-refractivity contribution in [1.82, 2.24) is 29.5 Å². The molecule has 39 heavy (non-hydrogen) atoms. The fraction of sp³-hybridized carbons (Fsp3) is 0.375. The summed E-state index contributed by atoms with van der Waals surface area (Å²) in [5.41, 5.74) is 4.51. The molecule has 4 heterocycles. The third kappa shape index (κ3) is 5.52. The average molecular weight is 544 g/mol. The van der Waals surface area contributed by atoms with Gasteiger partial charge in [0.2, 0.25) is 17.7 Å². The van der Waals surface area contributed by atoms with Crippen molar-refractivity contribution >= 4 is 29.3 Å². The fourth-order valence-corrected chi connectivity index (χ4v) is 4.09. The lowest BCUT2D eigenvalue weighted by Crippen LogP contribution is -2.48. The Labute approximate surface area is 221 Å². The van der Waals surface area contributed by atoms with E-state index in [-0.39, 0.29) is 23.2 Å². The molecule has 0 spiro atoms. The van der Waals surface area contributed by atoms with Crippen molar-refractivity contribution in [2.24, 2.45) is 0 Å². The van der Waals surface area contributed by atoms with E-state index in [9.17, 15) is 18.7 Å². The first-order valence-electron chi connectivity index (χ1n) is 12.2. The number of piperazine rings is 1. The molecule has 0 aliphatic carbocycles. The van der Waals surface area contributed by atoms with E-state index in [2.05, 4.69) is 30.3 Å². The smallest absolute Gasteiger partial charge is 0.347 e. The maximum absolute atomic E-state index is 14.6. The van der Waals surface area contributed by atoms with E-state index in [0.717, 1.165) is 0 Å². The molecule has 3 aromatic heterocycles. The standard InChI is InChI=1S/C24H27F2N9O4/c1-24(2,20(36)37)39-18-13-16(14(25)12-15(18)26)34-9-7-33(8-10-34)6-5-28-22-30-21(27)35-23(31-22)29-19(32-35)17-4-3-11-38-17/h3-4,11-13H,5-10H2,1-2H3,(H,36,37)(H3,27,28,29,30,31,32). The molecule has 0 radical (unpaired) electrons. The molecule has 0 unspecified atom stereocenters. The van der Waals surface area contributed by atoms with Crippen LogP contribution in [0.15, 0.2) is 34.9 Å². The second-order valence-corrected chi connectivity index (χ2v) is 9.44. The second-order valence-electron chi connectivity index (χ2n) is 9.44. The number of nitrogen functional groups attached to an aromatic ring is 1. The van der Waals surface area contributed by atoms with Gasteiger partial charge in [-0.25, -0.2) is 13.6 Å². The van der Waals surface area contributed by atoms with E-state index in [1.54, 1.807) is 17.0 Å². The minimum atomic E-state index is -1.67. The van der Waals surface area contributed by atoms with Gasteiger partial charge in [0, 0.05) is 51.4 Å². The number of nitrogens with zero attached hydrogens (tertiary/aromatic N) is 7. The van der Waals surface area contributed by atoms with E-state index in [0.29, 0.717) is 62.9 Å². The molecule has 4 N–H and O–H groups in total. The molecule has 1 aliphatic rings. The number of carboxylic acid groups (broad SMARTS) is 1. The number of aromatic nitrogens is 5. The molecule has 13 nitrogen and oxygen atoms in total. The number of anilines is 3. The first kappa shape index (κ1) is 26.1. The number of carbonyl (C=O) groups is 1. The summed E-state index contributed by atoms with van der Waals surface area (Å²) >= 11 is 0. The monoisotopic (exact) mass is 543 g/mol. The molecule has 0 bridgehead atoms. The molecule has 15 heteroatoms. The number of aliphatic carboxylic acids is 1. The number of fused-ring (bicyclic) bond motifs is 1. The summed E-state index contributed by atoms with van der Waals surface area (Å²) in [6.07, 6.45) is 1.52. The summed E-state index contributed by atoms with van der Waals surface area (Å²) in [7, 11) is 0. The Morgan fingerprint density at radius 3 is 2.64 bits per heavy atom. The molecule has 1 aliphatic heterocycles. The Morgan fingerprint density at radius 1 is 1.18 bits per heavy atom. The Balaban J connectivity index is 1.17. The summed E-state index contributed by atoms with van der Waals surface area (Å²) in [4.78, 5) is 28.2. The van der Waals surface area contributed by atoms with E-state index in [1.165, 1.54) is 30.7 Å². The predicted molar refractivity (Wildman–Crippen MR) is 137 cm³/mol. The number of nitrogens with one attached hydrogen (secondary N) is 1. The maximum Gasteiger partial charge on any atom is 0.347 e. The van der Waals surface area contributed by atoms with Gasteiger partial charge >= 0.3 is 5.97 Å². The summed E-state index contributed by atoms with van der Waals surface area (Å²) < 4.78 is 40.9. The first-order chi connectivity index (χ1) is 18.6.